The van der Waals surface area contributed by atoms with Crippen molar-refractivity contribution in [3.63, 3.8) is 0 Å². The maximum absolute atomic E-state index is 11.2. The number of rotatable bonds is 2. The van der Waals surface area contributed by atoms with Gasteiger partial charge in [0.25, 0.3) is 0 Å². The van der Waals surface area contributed by atoms with E-state index < -0.39 is 0 Å². The predicted molar refractivity (Wildman–Crippen MR) is 73.2 cm³/mol. The van der Waals surface area contributed by atoms with E-state index in [1.54, 1.807) is 18.3 Å². The number of imidazole rings is 1. The molecule has 0 saturated carbocycles. The smallest absolute Gasteiger partial charge is 0.194 e. The summed E-state index contributed by atoms with van der Waals surface area (Å²) >= 11 is 1.64. The van der Waals surface area contributed by atoms with Crippen LogP contribution in [-0.4, -0.2) is 15.2 Å². The van der Waals surface area contributed by atoms with E-state index in [1.165, 1.54) is 5.69 Å². The third-order valence-electron chi connectivity index (χ3n) is 2.98. The number of ketones is 1. The first-order valence-electron chi connectivity index (χ1n) is 5.70. The molecule has 0 spiro atoms. The molecule has 90 valence electrons. The molecule has 4 heteroatoms. The SMILES string of the molecule is CC(=O)c1ccc(-c2cn3c(C)csc3n2)cc1. The van der Waals surface area contributed by atoms with E-state index in [2.05, 4.69) is 21.7 Å². The maximum Gasteiger partial charge on any atom is 0.194 e. The number of benzene rings is 1. The number of nitrogens with zero attached hydrogens (tertiary/aromatic N) is 2. The van der Waals surface area contributed by atoms with E-state index in [4.69, 9.17) is 0 Å². The van der Waals surface area contributed by atoms with Crippen LogP contribution in [0.4, 0.5) is 0 Å². The first-order chi connectivity index (χ1) is 8.65. The molecule has 1 aromatic carbocycles. The zero-order valence-electron chi connectivity index (χ0n) is 10.2. The minimum Gasteiger partial charge on any atom is -0.295 e. The average molecular weight is 256 g/mol. The average Bonchev–Trinajstić information content (AvgIpc) is 2.92. The van der Waals surface area contributed by atoms with Crippen molar-refractivity contribution in [1.82, 2.24) is 9.38 Å². The van der Waals surface area contributed by atoms with Crippen LogP contribution in [0.2, 0.25) is 0 Å². The molecule has 3 nitrogen and oxygen atoms in total. The highest BCUT2D eigenvalue weighted by Gasteiger charge is 2.07. The number of carbonyl (C=O) groups excluding carboxylic acids is 1. The minimum absolute atomic E-state index is 0.0863. The van der Waals surface area contributed by atoms with Gasteiger partial charge in [-0.05, 0) is 13.8 Å². The predicted octanol–water partition coefficient (Wildman–Crippen LogP) is 3.57. The van der Waals surface area contributed by atoms with Crippen molar-refractivity contribution in [3.8, 4) is 11.3 Å². The Morgan fingerprint density at radius 1 is 1.28 bits per heavy atom. The lowest BCUT2D eigenvalue weighted by Crippen LogP contribution is -1.90. The monoisotopic (exact) mass is 256 g/mol. The highest BCUT2D eigenvalue weighted by molar-refractivity contribution is 7.15. The lowest BCUT2D eigenvalue weighted by Gasteiger charge is -1.98. The van der Waals surface area contributed by atoms with Crippen LogP contribution < -0.4 is 0 Å². The van der Waals surface area contributed by atoms with Crippen molar-refractivity contribution in [1.29, 1.82) is 0 Å². The fourth-order valence-electron chi connectivity index (χ4n) is 1.91. The van der Waals surface area contributed by atoms with E-state index in [9.17, 15) is 4.79 Å². The Kier molecular flexibility index (Phi) is 2.52. The van der Waals surface area contributed by atoms with Crippen LogP contribution in [-0.2, 0) is 0 Å². The topological polar surface area (TPSA) is 34.4 Å². The quantitative estimate of drug-likeness (QED) is 0.657. The van der Waals surface area contributed by atoms with Crippen LogP contribution >= 0.6 is 11.3 Å². The lowest BCUT2D eigenvalue weighted by atomic mass is 10.1. The molecule has 0 aliphatic heterocycles. The molecule has 0 atom stereocenters. The summed E-state index contributed by atoms with van der Waals surface area (Å²) in [6.45, 7) is 3.64. The van der Waals surface area contributed by atoms with E-state index in [0.29, 0.717) is 0 Å². The van der Waals surface area contributed by atoms with Crippen molar-refractivity contribution < 1.29 is 4.79 Å². The highest BCUT2D eigenvalue weighted by Crippen LogP contribution is 2.23. The van der Waals surface area contributed by atoms with Crippen molar-refractivity contribution in [3.05, 3.63) is 47.1 Å². The summed E-state index contributed by atoms with van der Waals surface area (Å²) < 4.78 is 2.08. The first-order valence-corrected chi connectivity index (χ1v) is 6.57. The van der Waals surface area contributed by atoms with E-state index >= 15 is 0 Å². The fraction of sp³-hybridized carbons (Fsp3) is 0.143. The van der Waals surface area contributed by atoms with Gasteiger partial charge < -0.3 is 0 Å². The van der Waals surface area contributed by atoms with Crippen molar-refractivity contribution in [2.45, 2.75) is 13.8 Å². The molecule has 0 unspecified atom stereocenters. The second kappa shape index (κ2) is 4.07. The Bertz CT molecular complexity index is 722. The molecular formula is C14H12N2OS. The number of hydrogen-bond acceptors (Lipinski definition) is 3. The molecular weight excluding hydrogens is 244 g/mol. The number of fused-ring (bicyclic) bond motifs is 1. The largest absolute Gasteiger partial charge is 0.295 e. The van der Waals surface area contributed by atoms with Crippen LogP contribution in [0.1, 0.15) is 23.0 Å². The molecule has 0 saturated heterocycles. The lowest BCUT2D eigenvalue weighted by molar-refractivity contribution is 0.101. The number of Topliss-reactive ketones (excluding diaryl/α,β-unsaturated/α-hetero) is 1. The zero-order valence-corrected chi connectivity index (χ0v) is 11.0. The summed E-state index contributed by atoms with van der Waals surface area (Å²) in [7, 11) is 0. The van der Waals surface area contributed by atoms with Gasteiger partial charge in [0.1, 0.15) is 0 Å². The number of thiazole rings is 1. The van der Waals surface area contributed by atoms with Crippen molar-refractivity contribution in [2.24, 2.45) is 0 Å². The highest BCUT2D eigenvalue weighted by atomic mass is 32.1. The van der Waals surface area contributed by atoms with Crippen molar-refractivity contribution in [2.75, 3.05) is 0 Å². The Hall–Kier alpha value is -1.94. The van der Waals surface area contributed by atoms with Crippen LogP contribution in [0.3, 0.4) is 0 Å². The van der Waals surface area contributed by atoms with Gasteiger partial charge in [0.05, 0.1) is 5.69 Å². The summed E-state index contributed by atoms with van der Waals surface area (Å²) in [5, 5.41) is 2.09. The van der Waals surface area contributed by atoms with Gasteiger partial charge in [-0.25, -0.2) is 4.98 Å². The Morgan fingerprint density at radius 3 is 2.61 bits per heavy atom. The second-order valence-electron chi connectivity index (χ2n) is 4.29. The Morgan fingerprint density at radius 2 is 2.00 bits per heavy atom. The van der Waals surface area contributed by atoms with E-state index in [1.807, 2.05) is 30.5 Å². The third-order valence-corrected chi connectivity index (χ3v) is 3.93. The molecule has 3 aromatic rings. The molecule has 0 fully saturated rings. The Balaban J connectivity index is 2.05. The van der Waals surface area contributed by atoms with Gasteiger partial charge in [-0.3, -0.25) is 9.20 Å². The van der Waals surface area contributed by atoms with Gasteiger partial charge in [0.15, 0.2) is 10.7 Å². The molecule has 0 bridgehead atoms. The number of aryl methyl sites for hydroxylation is 1. The van der Waals surface area contributed by atoms with E-state index in [-0.39, 0.29) is 5.78 Å². The van der Waals surface area contributed by atoms with Gasteiger partial charge in [-0.15, -0.1) is 11.3 Å². The summed E-state index contributed by atoms with van der Waals surface area (Å²) in [5.74, 6) is 0.0863. The third kappa shape index (κ3) is 1.75. The number of carbonyl (C=O) groups is 1. The maximum atomic E-state index is 11.2. The van der Waals surface area contributed by atoms with Gasteiger partial charge >= 0.3 is 0 Å². The van der Waals surface area contributed by atoms with Gasteiger partial charge in [0.2, 0.25) is 0 Å². The van der Waals surface area contributed by atoms with Crippen LogP contribution in [0.5, 0.6) is 0 Å². The number of aromatic nitrogens is 2. The minimum atomic E-state index is 0.0863. The number of hydrogen-bond donors (Lipinski definition) is 0. The summed E-state index contributed by atoms with van der Waals surface area (Å²) in [4.78, 5) is 16.8. The second-order valence-corrected chi connectivity index (χ2v) is 5.13. The molecule has 0 radical (unpaired) electrons. The van der Waals surface area contributed by atoms with Crippen LogP contribution in [0.25, 0.3) is 16.2 Å². The first kappa shape index (κ1) is 11.2. The zero-order chi connectivity index (χ0) is 12.7. The molecule has 2 heterocycles. The molecule has 0 N–H and O–H groups in total. The standard InChI is InChI=1S/C14H12N2OS/c1-9-8-18-14-15-13(7-16(9)14)12-5-3-11(4-6-12)10(2)17/h3-8H,1-2H3. The molecule has 2 aromatic heterocycles. The van der Waals surface area contributed by atoms with Gasteiger partial charge in [-0.2, -0.15) is 0 Å². The van der Waals surface area contributed by atoms with Gasteiger partial charge in [-0.1, -0.05) is 24.3 Å². The van der Waals surface area contributed by atoms with E-state index in [0.717, 1.165) is 21.8 Å². The summed E-state index contributed by atoms with van der Waals surface area (Å²) in [6, 6.07) is 7.58. The van der Waals surface area contributed by atoms with Crippen LogP contribution in [0.15, 0.2) is 35.8 Å². The Labute approximate surface area is 109 Å². The van der Waals surface area contributed by atoms with Crippen LogP contribution in [0, 0.1) is 6.92 Å². The molecule has 0 aliphatic carbocycles. The molecule has 0 aliphatic rings. The summed E-state index contributed by atoms with van der Waals surface area (Å²) in [5.41, 5.74) is 3.90. The van der Waals surface area contributed by atoms with Crippen molar-refractivity contribution >= 4 is 22.1 Å². The molecule has 0 amide bonds. The fourth-order valence-corrected chi connectivity index (χ4v) is 2.76. The van der Waals surface area contributed by atoms with Gasteiger partial charge in [0, 0.05) is 28.4 Å². The molecule has 18 heavy (non-hydrogen) atoms. The normalized spacial score (nSPS) is 11.0. The molecule has 3 rings (SSSR count). The summed E-state index contributed by atoms with van der Waals surface area (Å²) in [6.07, 6.45) is 2.03.